The zero-order valence-electron chi connectivity index (χ0n) is 10.6. The topological polar surface area (TPSA) is 33.2 Å². The zero-order valence-corrected chi connectivity index (χ0v) is 11.4. The molecular weight excluding hydrogens is 232 g/mol. The molecule has 0 atom stereocenters. The molecule has 2 heterocycles. The largest absolute Gasteiger partial charge is 0.304 e. The van der Waals surface area contributed by atoms with E-state index in [1.807, 2.05) is 5.38 Å². The van der Waals surface area contributed by atoms with Gasteiger partial charge in [-0.25, -0.2) is 4.98 Å². The molecule has 94 valence electrons. The summed E-state index contributed by atoms with van der Waals surface area (Å²) in [5.74, 6) is 0.811. The first-order chi connectivity index (χ1) is 8.19. The number of hydrogen-bond donors (Lipinski definition) is 0. The predicted molar refractivity (Wildman–Crippen MR) is 70.6 cm³/mol. The van der Waals surface area contributed by atoms with Gasteiger partial charge in [0.05, 0.1) is 10.7 Å². The zero-order chi connectivity index (χ0) is 12.3. The molecule has 0 unspecified atom stereocenters. The Morgan fingerprint density at radius 3 is 2.82 bits per heavy atom. The van der Waals surface area contributed by atoms with E-state index in [0.717, 1.165) is 12.2 Å². The average Bonchev–Trinajstić information content (AvgIpc) is 2.77. The lowest BCUT2D eigenvalue weighted by molar-refractivity contribution is -0.116. The molecule has 0 radical (unpaired) electrons. The van der Waals surface area contributed by atoms with Gasteiger partial charge >= 0.3 is 0 Å². The molecule has 0 bridgehead atoms. The Balaban J connectivity index is 1.94. The van der Waals surface area contributed by atoms with Crippen LogP contribution >= 0.6 is 11.3 Å². The number of piperidine rings is 1. The van der Waals surface area contributed by atoms with E-state index in [-0.39, 0.29) is 5.78 Å². The summed E-state index contributed by atoms with van der Waals surface area (Å²) in [6, 6.07) is 0. The normalized spacial score (nSPS) is 18.5. The highest BCUT2D eigenvalue weighted by atomic mass is 32.1. The van der Waals surface area contributed by atoms with Crippen molar-refractivity contribution in [3.63, 3.8) is 0 Å². The Hall–Kier alpha value is -0.740. The van der Waals surface area contributed by atoms with Gasteiger partial charge in [0.25, 0.3) is 0 Å². The van der Waals surface area contributed by atoms with Crippen LogP contribution in [0.4, 0.5) is 0 Å². The van der Waals surface area contributed by atoms with Gasteiger partial charge in [-0.15, -0.1) is 11.3 Å². The summed E-state index contributed by atoms with van der Waals surface area (Å²) in [5, 5.41) is 3.28. The number of Topliss-reactive ketones (excluding diaryl/α,β-unsaturated/α-hetero) is 1. The van der Waals surface area contributed by atoms with Crippen LogP contribution in [-0.4, -0.2) is 35.3 Å². The summed E-state index contributed by atoms with van der Waals surface area (Å²) in [6.45, 7) is 7.36. The third-order valence-electron chi connectivity index (χ3n) is 3.38. The molecule has 0 aromatic carbocycles. The molecule has 0 N–H and O–H groups in total. The lowest BCUT2D eigenvalue weighted by atomic mass is 9.97. The molecule has 1 aliphatic heterocycles. The Kier molecular flexibility index (Phi) is 4.29. The van der Waals surface area contributed by atoms with Crippen LogP contribution in [0.5, 0.6) is 0 Å². The van der Waals surface area contributed by atoms with Crippen molar-refractivity contribution < 1.29 is 4.79 Å². The smallest absolute Gasteiger partial charge is 0.135 e. The van der Waals surface area contributed by atoms with Gasteiger partial charge in [-0.3, -0.25) is 4.79 Å². The van der Waals surface area contributed by atoms with Gasteiger partial charge in [0.2, 0.25) is 0 Å². The highest BCUT2D eigenvalue weighted by Crippen LogP contribution is 2.30. The Bertz CT molecular complexity index is 381. The van der Waals surface area contributed by atoms with Gasteiger partial charge in [-0.05, 0) is 39.4 Å². The van der Waals surface area contributed by atoms with Gasteiger partial charge in [-0.1, -0.05) is 6.92 Å². The molecule has 1 saturated heterocycles. The van der Waals surface area contributed by atoms with Crippen molar-refractivity contribution in [2.45, 2.75) is 39.0 Å². The van der Waals surface area contributed by atoms with E-state index >= 15 is 0 Å². The first kappa shape index (κ1) is 12.7. The summed E-state index contributed by atoms with van der Waals surface area (Å²) in [7, 11) is 0. The van der Waals surface area contributed by atoms with Crippen LogP contribution < -0.4 is 0 Å². The minimum Gasteiger partial charge on any atom is -0.304 e. The third-order valence-corrected chi connectivity index (χ3v) is 4.44. The van der Waals surface area contributed by atoms with E-state index in [1.165, 1.54) is 30.9 Å². The van der Waals surface area contributed by atoms with Crippen LogP contribution in [0.2, 0.25) is 0 Å². The predicted octanol–water partition coefficient (Wildman–Crippen LogP) is 2.47. The van der Waals surface area contributed by atoms with E-state index in [0.29, 0.717) is 12.3 Å². The molecular formula is C13H20N2OS. The van der Waals surface area contributed by atoms with Crippen LogP contribution in [0, 0.1) is 0 Å². The summed E-state index contributed by atoms with van der Waals surface area (Å²) in [6.07, 6.45) is 2.91. The summed E-state index contributed by atoms with van der Waals surface area (Å²) in [5.41, 5.74) is 0.954. The van der Waals surface area contributed by atoms with Crippen LogP contribution in [0.15, 0.2) is 5.38 Å². The minimum absolute atomic E-state index is 0.197. The maximum absolute atomic E-state index is 11.0. The van der Waals surface area contributed by atoms with Gasteiger partial charge < -0.3 is 4.90 Å². The second kappa shape index (κ2) is 5.74. The molecule has 1 aromatic rings. The number of carbonyl (C=O) groups is 1. The van der Waals surface area contributed by atoms with E-state index in [1.54, 1.807) is 18.3 Å². The number of rotatable bonds is 4. The van der Waals surface area contributed by atoms with E-state index in [4.69, 9.17) is 0 Å². The van der Waals surface area contributed by atoms with Gasteiger partial charge in [-0.2, -0.15) is 0 Å². The fraction of sp³-hybridized carbons (Fsp3) is 0.692. The number of carbonyl (C=O) groups excluding carboxylic acids is 1. The molecule has 2 rings (SSSR count). The van der Waals surface area contributed by atoms with Crippen LogP contribution in [0.25, 0.3) is 0 Å². The molecule has 0 aliphatic carbocycles. The third kappa shape index (κ3) is 3.36. The van der Waals surface area contributed by atoms with Crippen molar-refractivity contribution in [2.24, 2.45) is 0 Å². The second-order valence-corrected chi connectivity index (χ2v) is 5.65. The van der Waals surface area contributed by atoms with Crippen molar-refractivity contribution in [3.05, 3.63) is 16.1 Å². The minimum atomic E-state index is 0.197. The van der Waals surface area contributed by atoms with Crippen molar-refractivity contribution in [1.29, 1.82) is 0 Å². The molecule has 17 heavy (non-hydrogen) atoms. The van der Waals surface area contributed by atoms with Crippen LogP contribution in [-0.2, 0) is 11.2 Å². The van der Waals surface area contributed by atoms with Crippen molar-refractivity contribution in [1.82, 2.24) is 9.88 Å². The first-order valence-electron chi connectivity index (χ1n) is 6.35. The number of aromatic nitrogens is 1. The summed E-state index contributed by atoms with van der Waals surface area (Å²) < 4.78 is 0. The molecule has 1 fully saturated rings. The van der Waals surface area contributed by atoms with Crippen molar-refractivity contribution >= 4 is 17.1 Å². The average molecular weight is 252 g/mol. The highest BCUT2D eigenvalue weighted by Gasteiger charge is 2.22. The molecule has 0 amide bonds. The van der Waals surface area contributed by atoms with Crippen molar-refractivity contribution in [3.8, 4) is 0 Å². The summed E-state index contributed by atoms with van der Waals surface area (Å²) in [4.78, 5) is 18.1. The quantitative estimate of drug-likeness (QED) is 0.825. The molecule has 1 aliphatic rings. The Morgan fingerprint density at radius 2 is 2.24 bits per heavy atom. The molecule has 3 nitrogen and oxygen atoms in total. The van der Waals surface area contributed by atoms with E-state index in [2.05, 4.69) is 16.8 Å². The second-order valence-electron chi connectivity index (χ2n) is 4.76. The lowest BCUT2D eigenvalue weighted by Crippen LogP contribution is -2.32. The van der Waals surface area contributed by atoms with Crippen LogP contribution in [0.3, 0.4) is 0 Å². The maximum atomic E-state index is 11.0. The SMILES string of the molecule is CCN1CCC(c2nc(CC(C)=O)cs2)CC1. The van der Waals surface area contributed by atoms with E-state index < -0.39 is 0 Å². The Labute approximate surface area is 107 Å². The number of hydrogen-bond acceptors (Lipinski definition) is 4. The van der Waals surface area contributed by atoms with Gasteiger partial charge in [0, 0.05) is 17.7 Å². The van der Waals surface area contributed by atoms with Crippen LogP contribution in [0.1, 0.15) is 43.3 Å². The molecule has 1 aromatic heterocycles. The van der Waals surface area contributed by atoms with Crippen molar-refractivity contribution in [2.75, 3.05) is 19.6 Å². The highest BCUT2D eigenvalue weighted by molar-refractivity contribution is 7.09. The number of ketones is 1. The van der Waals surface area contributed by atoms with Gasteiger partial charge in [0.1, 0.15) is 5.78 Å². The van der Waals surface area contributed by atoms with E-state index in [9.17, 15) is 4.79 Å². The number of likely N-dealkylation sites (tertiary alicyclic amines) is 1. The molecule has 0 spiro atoms. The van der Waals surface area contributed by atoms with Gasteiger partial charge in [0.15, 0.2) is 0 Å². The molecule has 0 saturated carbocycles. The standard InChI is InChI=1S/C13H20N2OS/c1-3-15-6-4-11(5-7-15)13-14-12(9-17-13)8-10(2)16/h9,11H,3-8H2,1-2H3. The fourth-order valence-corrected chi connectivity index (χ4v) is 3.33. The first-order valence-corrected chi connectivity index (χ1v) is 7.23. The summed E-state index contributed by atoms with van der Waals surface area (Å²) >= 11 is 1.73. The lowest BCUT2D eigenvalue weighted by Gasteiger charge is -2.29. The Morgan fingerprint density at radius 1 is 1.53 bits per heavy atom. The number of thiazole rings is 1. The monoisotopic (exact) mass is 252 g/mol. The fourth-order valence-electron chi connectivity index (χ4n) is 2.34. The molecule has 4 heteroatoms. The maximum Gasteiger partial charge on any atom is 0.135 e. The number of nitrogens with zero attached hydrogens (tertiary/aromatic N) is 2.